The minimum absolute atomic E-state index is 0.00950. The van der Waals surface area contributed by atoms with Gasteiger partial charge in [0.1, 0.15) is 4.21 Å². The average Bonchev–Trinajstić information content (AvgIpc) is 3.43. The van der Waals surface area contributed by atoms with E-state index in [1.54, 1.807) is 11.4 Å². The number of anilines is 1. The minimum atomic E-state index is -3.86. The number of nitrogens with two attached hydrogens (primary N) is 1. The van der Waals surface area contributed by atoms with E-state index in [1.807, 2.05) is 0 Å². The second-order valence-electron chi connectivity index (χ2n) is 5.71. The average molecular weight is 435 g/mol. The number of aromatic hydroxyl groups is 1. The first-order chi connectivity index (χ1) is 13.9. The maximum atomic E-state index is 12.6. The fourth-order valence-electron chi connectivity index (χ4n) is 2.57. The number of nitrogens with one attached hydrogen (secondary N) is 1. The number of nitrogens with zero attached hydrogens (tertiary/aromatic N) is 3. The molecule has 3 aromatic rings. The predicted octanol–water partition coefficient (Wildman–Crippen LogP) is 1.30. The van der Waals surface area contributed by atoms with Gasteiger partial charge in [0, 0.05) is 11.8 Å². The molecule has 0 saturated heterocycles. The second kappa shape index (κ2) is 7.10. The van der Waals surface area contributed by atoms with E-state index in [-0.39, 0.29) is 45.2 Å². The Balaban J connectivity index is 1.74. The van der Waals surface area contributed by atoms with Crippen molar-refractivity contribution in [2.24, 2.45) is 5.73 Å². The molecular formula is C16H13N5O6S2. The molecule has 3 heterocycles. The lowest BCUT2D eigenvalue weighted by Crippen LogP contribution is -2.15. The van der Waals surface area contributed by atoms with Gasteiger partial charge in [-0.05, 0) is 23.6 Å². The van der Waals surface area contributed by atoms with Crippen LogP contribution in [-0.4, -0.2) is 41.2 Å². The number of carbonyl (C=O) groups excluding carboxylic acids is 1. The summed E-state index contributed by atoms with van der Waals surface area (Å²) in [7, 11) is -3.86. The molecule has 29 heavy (non-hydrogen) atoms. The lowest BCUT2D eigenvalue weighted by Gasteiger charge is -2.12. The van der Waals surface area contributed by atoms with Gasteiger partial charge in [-0.2, -0.15) is 0 Å². The maximum absolute atomic E-state index is 12.6. The van der Waals surface area contributed by atoms with Crippen LogP contribution in [0, 0.1) is 0 Å². The van der Waals surface area contributed by atoms with E-state index in [0.29, 0.717) is 0 Å². The van der Waals surface area contributed by atoms with E-state index in [4.69, 9.17) is 15.2 Å². The molecule has 1 amide bonds. The van der Waals surface area contributed by atoms with Crippen molar-refractivity contribution in [3.63, 3.8) is 0 Å². The molecule has 2 aromatic heterocycles. The molecule has 1 aliphatic rings. The molecular weight excluding hydrogens is 422 g/mol. The van der Waals surface area contributed by atoms with Gasteiger partial charge < -0.3 is 20.3 Å². The Morgan fingerprint density at radius 2 is 2.17 bits per heavy atom. The number of ether oxygens (including phenoxy) is 2. The third kappa shape index (κ3) is 3.48. The Bertz CT molecular complexity index is 1220. The van der Waals surface area contributed by atoms with Crippen LogP contribution in [-0.2, 0) is 10.0 Å². The quantitative estimate of drug-likeness (QED) is 0.489. The number of thiophene rings is 1. The number of sulfonamides is 1. The zero-order valence-corrected chi connectivity index (χ0v) is 16.1. The largest absolute Gasteiger partial charge is 0.504 e. The number of hydrogen-bond donors (Lipinski definition) is 3. The van der Waals surface area contributed by atoms with Crippen LogP contribution in [0.4, 0.5) is 5.69 Å². The van der Waals surface area contributed by atoms with Crippen molar-refractivity contribution in [2.75, 3.05) is 11.5 Å². The van der Waals surface area contributed by atoms with E-state index in [9.17, 15) is 18.3 Å². The van der Waals surface area contributed by atoms with Gasteiger partial charge in [-0.25, -0.2) is 13.1 Å². The van der Waals surface area contributed by atoms with Crippen LogP contribution in [0.2, 0.25) is 0 Å². The van der Waals surface area contributed by atoms with Crippen molar-refractivity contribution in [1.29, 1.82) is 0 Å². The fraction of sp³-hybridized carbons (Fsp3) is 0.0625. The van der Waals surface area contributed by atoms with Crippen molar-refractivity contribution in [2.45, 2.75) is 4.21 Å². The Hall–Kier alpha value is -3.58. The van der Waals surface area contributed by atoms with Crippen molar-refractivity contribution >= 4 is 45.2 Å². The Morgan fingerprint density at radius 1 is 1.38 bits per heavy atom. The van der Waals surface area contributed by atoms with Gasteiger partial charge in [-0.3, -0.25) is 9.52 Å². The molecule has 0 radical (unpaired) electrons. The first kappa shape index (κ1) is 18.8. The van der Waals surface area contributed by atoms with Gasteiger partial charge >= 0.3 is 0 Å². The van der Waals surface area contributed by atoms with E-state index in [2.05, 4.69) is 15.0 Å². The van der Waals surface area contributed by atoms with Crippen LogP contribution in [0.1, 0.15) is 16.1 Å². The second-order valence-corrected chi connectivity index (χ2v) is 8.57. The van der Waals surface area contributed by atoms with Crippen molar-refractivity contribution in [3.05, 3.63) is 41.0 Å². The third-order valence-corrected chi connectivity index (χ3v) is 6.64. The molecule has 0 aliphatic carbocycles. The lowest BCUT2D eigenvalue weighted by molar-refractivity contribution is 0.0993. The molecule has 1 aliphatic heterocycles. The smallest absolute Gasteiger partial charge is 0.271 e. The Morgan fingerprint density at radius 3 is 2.90 bits per heavy atom. The number of benzene rings is 1. The third-order valence-electron chi connectivity index (χ3n) is 3.87. The van der Waals surface area contributed by atoms with Gasteiger partial charge in [0.25, 0.3) is 15.9 Å². The SMILES string of the molecule is NC(=O)c1cnnn1C=Cc1cc(NS(=O)(=O)c2cccs2)c2c(c1O)OCO2. The summed E-state index contributed by atoms with van der Waals surface area (Å²) in [5, 5.41) is 19.4. The molecule has 0 spiro atoms. The monoisotopic (exact) mass is 435 g/mol. The van der Waals surface area contributed by atoms with Crippen LogP contribution in [0.15, 0.2) is 34.0 Å². The molecule has 0 unspecified atom stereocenters. The Labute approximate surface area is 168 Å². The summed E-state index contributed by atoms with van der Waals surface area (Å²) in [5.74, 6) is -0.948. The molecule has 11 nitrogen and oxygen atoms in total. The van der Waals surface area contributed by atoms with E-state index >= 15 is 0 Å². The van der Waals surface area contributed by atoms with Gasteiger partial charge in [-0.15, -0.1) is 16.4 Å². The molecule has 0 atom stereocenters. The summed E-state index contributed by atoms with van der Waals surface area (Å²) >= 11 is 1.05. The molecule has 150 valence electrons. The number of carbonyl (C=O) groups is 1. The molecule has 13 heteroatoms. The minimum Gasteiger partial charge on any atom is -0.504 e. The van der Waals surface area contributed by atoms with Gasteiger partial charge in [0.05, 0.1) is 11.9 Å². The molecule has 4 N–H and O–H groups in total. The number of amides is 1. The summed E-state index contributed by atoms with van der Waals surface area (Å²) in [4.78, 5) is 11.4. The molecule has 0 bridgehead atoms. The highest BCUT2D eigenvalue weighted by Crippen LogP contribution is 2.48. The highest BCUT2D eigenvalue weighted by Gasteiger charge is 2.27. The summed E-state index contributed by atoms with van der Waals surface area (Å²) in [6.07, 6.45) is 3.91. The zero-order valence-electron chi connectivity index (χ0n) is 14.5. The van der Waals surface area contributed by atoms with Gasteiger partial charge in [0.15, 0.2) is 17.2 Å². The van der Waals surface area contributed by atoms with E-state index in [1.165, 1.54) is 30.6 Å². The van der Waals surface area contributed by atoms with Gasteiger partial charge in [-0.1, -0.05) is 11.3 Å². The number of hydrogen-bond acceptors (Lipinski definition) is 9. The van der Waals surface area contributed by atoms with Crippen LogP contribution in [0.3, 0.4) is 0 Å². The van der Waals surface area contributed by atoms with Crippen LogP contribution in [0.25, 0.3) is 12.3 Å². The van der Waals surface area contributed by atoms with Crippen LogP contribution in [0.5, 0.6) is 17.2 Å². The van der Waals surface area contributed by atoms with Gasteiger partial charge in [0.2, 0.25) is 12.5 Å². The van der Waals surface area contributed by atoms with Crippen molar-refractivity contribution in [3.8, 4) is 17.2 Å². The molecule has 4 rings (SSSR count). The number of phenolic OH excluding ortho intramolecular Hbond substituents is 1. The van der Waals surface area contributed by atoms with Crippen LogP contribution < -0.4 is 19.9 Å². The number of aromatic nitrogens is 3. The van der Waals surface area contributed by atoms with E-state index < -0.39 is 15.9 Å². The highest BCUT2D eigenvalue weighted by atomic mass is 32.2. The summed E-state index contributed by atoms with van der Waals surface area (Å²) in [6, 6.07) is 4.44. The zero-order chi connectivity index (χ0) is 20.6. The first-order valence-electron chi connectivity index (χ1n) is 7.97. The topological polar surface area (TPSA) is 159 Å². The summed E-state index contributed by atoms with van der Waals surface area (Å²) in [5.41, 5.74) is 5.53. The summed E-state index contributed by atoms with van der Waals surface area (Å²) < 4.78 is 39.4. The van der Waals surface area contributed by atoms with E-state index in [0.717, 1.165) is 16.0 Å². The Kier molecular flexibility index (Phi) is 4.60. The fourth-order valence-corrected chi connectivity index (χ4v) is 4.62. The first-order valence-corrected chi connectivity index (χ1v) is 10.3. The number of primary amides is 1. The number of fused-ring (bicyclic) bond motifs is 1. The van der Waals surface area contributed by atoms with Crippen LogP contribution >= 0.6 is 11.3 Å². The molecule has 1 aromatic carbocycles. The lowest BCUT2D eigenvalue weighted by atomic mass is 10.1. The molecule has 0 saturated carbocycles. The summed E-state index contributed by atoms with van der Waals surface area (Å²) in [6.45, 7) is -0.182. The standard InChI is InChI=1S/C16H13N5O6S2/c17-16(23)11-7-18-20-21(11)4-3-9-6-10(14-15(13(9)22)27-8-26-14)19-29(24,25)12-2-1-5-28-12/h1-7,19,22H,8H2,(H2,17,23). The molecule has 0 fully saturated rings. The normalized spacial score (nSPS) is 13.1. The number of phenols is 1. The maximum Gasteiger partial charge on any atom is 0.271 e. The van der Waals surface area contributed by atoms with Crippen molar-refractivity contribution in [1.82, 2.24) is 15.0 Å². The predicted molar refractivity (Wildman–Crippen MR) is 103 cm³/mol. The van der Waals surface area contributed by atoms with Crippen molar-refractivity contribution < 1.29 is 27.8 Å². The highest BCUT2D eigenvalue weighted by molar-refractivity contribution is 7.94. The number of rotatable bonds is 6.